The molecule has 0 atom stereocenters. The van der Waals surface area contributed by atoms with Crippen LogP contribution >= 0.6 is 0 Å². The highest BCUT2D eigenvalue weighted by Gasteiger charge is 2.51. The Labute approximate surface area is 147 Å². The maximum Gasteiger partial charge on any atom is 0.252 e. The molecule has 1 aliphatic carbocycles. The first kappa shape index (κ1) is 15.9. The maximum atomic E-state index is 12.3. The van der Waals surface area contributed by atoms with Gasteiger partial charge in [0.25, 0.3) is 5.91 Å². The Morgan fingerprint density at radius 3 is 2.60 bits per heavy atom. The van der Waals surface area contributed by atoms with Crippen molar-refractivity contribution in [2.45, 2.75) is 44.8 Å². The number of carbonyl (C=O) groups is 1. The van der Waals surface area contributed by atoms with Gasteiger partial charge in [-0.3, -0.25) is 4.79 Å². The molecule has 4 heteroatoms. The Hall–Kier alpha value is -2.64. The van der Waals surface area contributed by atoms with Crippen LogP contribution in [0, 0.1) is 18.8 Å². The summed E-state index contributed by atoms with van der Waals surface area (Å²) in [5, 5.41) is 12.8. The molecular formula is C21H20N2O2. The van der Waals surface area contributed by atoms with Gasteiger partial charge < -0.3 is 10.4 Å². The second-order valence-corrected chi connectivity index (χ2v) is 7.44. The average Bonchev–Trinajstić information content (AvgIpc) is 3.26. The monoisotopic (exact) mass is 332 g/mol. The zero-order valence-corrected chi connectivity index (χ0v) is 14.6. The number of benzene rings is 1. The Morgan fingerprint density at radius 1 is 1.20 bits per heavy atom. The largest absolute Gasteiger partial charge is 0.378 e. The van der Waals surface area contributed by atoms with Crippen molar-refractivity contribution in [2.75, 3.05) is 0 Å². The molecule has 1 aliphatic heterocycles. The quantitative estimate of drug-likeness (QED) is 0.789. The van der Waals surface area contributed by atoms with Crippen LogP contribution in [0.1, 0.15) is 54.0 Å². The van der Waals surface area contributed by atoms with E-state index in [-0.39, 0.29) is 11.4 Å². The van der Waals surface area contributed by atoms with E-state index in [4.69, 9.17) is 0 Å². The van der Waals surface area contributed by atoms with Gasteiger partial charge in [0.2, 0.25) is 0 Å². The molecule has 1 saturated carbocycles. The van der Waals surface area contributed by atoms with E-state index in [2.05, 4.69) is 34.3 Å². The van der Waals surface area contributed by atoms with Crippen LogP contribution < -0.4 is 5.32 Å². The fourth-order valence-electron chi connectivity index (χ4n) is 3.34. The standard InChI is InChI=1S/C21H20N2O2/c1-13-16(6-5-15(22-13)8-9-20(2,3)25)14-4-7-18-17(12-14)19(24)23-21(18)10-11-21/h4-7,12,25H,10-11H2,1-3H3,(H,23,24). The predicted octanol–water partition coefficient (Wildman–Crippen LogP) is 2.91. The Kier molecular flexibility index (Phi) is 3.28. The minimum absolute atomic E-state index is 0.0210. The highest BCUT2D eigenvalue weighted by molar-refractivity contribution is 6.01. The lowest BCUT2D eigenvalue weighted by Gasteiger charge is -2.10. The first-order chi connectivity index (χ1) is 11.8. The lowest BCUT2D eigenvalue weighted by molar-refractivity contribution is 0.0952. The van der Waals surface area contributed by atoms with E-state index >= 15 is 0 Å². The number of nitrogens with one attached hydrogen (secondary N) is 1. The maximum absolute atomic E-state index is 12.3. The number of hydrogen-bond acceptors (Lipinski definition) is 3. The molecule has 2 N–H and O–H groups in total. The summed E-state index contributed by atoms with van der Waals surface area (Å²) in [6.45, 7) is 5.22. The molecule has 2 heterocycles. The molecule has 0 bridgehead atoms. The summed E-state index contributed by atoms with van der Waals surface area (Å²) < 4.78 is 0. The van der Waals surface area contributed by atoms with Crippen LogP contribution in [0.5, 0.6) is 0 Å². The number of carbonyl (C=O) groups excluding carboxylic acids is 1. The van der Waals surface area contributed by atoms with Crippen LogP contribution in [0.15, 0.2) is 30.3 Å². The molecule has 2 aromatic rings. The number of fused-ring (bicyclic) bond motifs is 2. The summed E-state index contributed by atoms with van der Waals surface area (Å²) in [5.74, 6) is 5.69. The summed E-state index contributed by atoms with van der Waals surface area (Å²) >= 11 is 0. The molecule has 0 saturated heterocycles. The number of aliphatic hydroxyl groups is 1. The molecule has 4 nitrogen and oxygen atoms in total. The van der Waals surface area contributed by atoms with Crippen LogP contribution in [-0.4, -0.2) is 21.6 Å². The topological polar surface area (TPSA) is 62.2 Å². The van der Waals surface area contributed by atoms with Crippen molar-refractivity contribution in [2.24, 2.45) is 0 Å². The fourth-order valence-corrected chi connectivity index (χ4v) is 3.34. The number of rotatable bonds is 1. The lowest BCUT2D eigenvalue weighted by atomic mass is 9.96. The summed E-state index contributed by atoms with van der Waals surface area (Å²) in [6.07, 6.45) is 2.06. The molecule has 25 heavy (non-hydrogen) atoms. The first-order valence-electron chi connectivity index (χ1n) is 8.48. The minimum atomic E-state index is -1.04. The van der Waals surface area contributed by atoms with Crippen LogP contribution in [0.2, 0.25) is 0 Å². The van der Waals surface area contributed by atoms with E-state index in [1.165, 1.54) is 0 Å². The van der Waals surface area contributed by atoms with Crippen LogP contribution in [0.25, 0.3) is 11.1 Å². The molecule has 0 radical (unpaired) electrons. The van der Waals surface area contributed by atoms with Gasteiger partial charge in [-0.15, -0.1) is 0 Å². The summed E-state index contributed by atoms with van der Waals surface area (Å²) in [5.41, 5.74) is 4.22. The van der Waals surface area contributed by atoms with Gasteiger partial charge in [0.15, 0.2) is 0 Å². The fraction of sp³-hybridized carbons (Fsp3) is 0.333. The van der Waals surface area contributed by atoms with Crippen molar-refractivity contribution in [1.29, 1.82) is 0 Å². The van der Waals surface area contributed by atoms with E-state index < -0.39 is 5.60 Å². The molecule has 1 spiro atoms. The van der Waals surface area contributed by atoms with Gasteiger partial charge in [-0.25, -0.2) is 4.98 Å². The van der Waals surface area contributed by atoms with Crippen LogP contribution in [-0.2, 0) is 5.54 Å². The molecule has 1 aromatic carbocycles. The smallest absolute Gasteiger partial charge is 0.252 e. The summed E-state index contributed by atoms with van der Waals surface area (Å²) in [4.78, 5) is 16.8. The van der Waals surface area contributed by atoms with E-state index in [1.54, 1.807) is 13.8 Å². The van der Waals surface area contributed by atoms with E-state index in [9.17, 15) is 9.90 Å². The predicted molar refractivity (Wildman–Crippen MR) is 96.0 cm³/mol. The average molecular weight is 332 g/mol. The molecule has 2 aliphatic rings. The number of aryl methyl sites for hydroxylation is 1. The number of pyridine rings is 1. The second kappa shape index (κ2) is 5.18. The third-order valence-electron chi connectivity index (χ3n) is 4.78. The van der Waals surface area contributed by atoms with Gasteiger partial charge in [-0.05, 0) is 68.9 Å². The van der Waals surface area contributed by atoms with Gasteiger partial charge in [0.1, 0.15) is 11.3 Å². The third kappa shape index (κ3) is 2.81. The molecule has 0 unspecified atom stereocenters. The van der Waals surface area contributed by atoms with Gasteiger partial charge >= 0.3 is 0 Å². The van der Waals surface area contributed by atoms with Crippen molar-refractivity contribution in [3.63, 3.8) is 0 Å². The molecule has 4 rings (SSSR count). The molecular weight excluding hydrogens is 312 g/mol. The zero-order chi connectivity index (χ0) is 17.8. The number of amides is 1. The van der Waals surface area contributed by atoms with Crippen molar-refractivity contribution >= 4 is 5.91 Å². The van der Waals surface area contributed by atoms with Crippen molar-refractivity contribution in [3.05, 3.63) is 52.8 Å². The van der Waals surface area contributed by atoms with Crippen LogP contribution in [0.4, 0.5) is 0 Å². The van der Waals surface area contributed by atoms with Crippen molar-refractivity contribution in [1.82, 2.24) is 10.3 Å². The molecule has 1 amide bonds. The SMILES string of the molecule is Cc1nc(C#CC(C)(C)O)ccc1-c1ccc2c(c1)C(=O)NC21CC1. The minimum Gasteiger partial charge on any atom is -0.378 e. The Balaban J connectivity index is 1.70. The van der Waals surface area contributed by atoms with E-state index in [0.717, 1.165) is 40.8 Å². The third-order valence-corrected chi connectivity index (χ3v) is 4.78. The normalized spacial score (nSPS) is 16.9. The van der Waals surface area contributed by atoms with E-state index in [1.807, 2.05) is 25.1 Å². The van der Waals surface area contributed by atoms with E-state index in [0.29, 0.717) is 5.69 Å². The Morgan fingerprint density at radius 2 is 1.96 bits per heavy atom. The highest BCUT2D eigenvalue weighted by Crippen LogP contribution is 2.50. The van der Waals surface area contributed by atoms with Gasteiger partial charge in [-0.1, -0.05) is 18.1 Å². The van der Waals surface area contributed by atoms with Gasteiger partial charge in [0, 0.05) is 16.8 Å². The Bertz CT molecular complexity index is 954. The molecule has 126 valence electrons. The number of aromatic nitrogens is 1. The zero-order valence-electron chi connectivity index (χ0n) is 14.6. The number of nitrogens with zero attached hydrogens (tertiary/aromatic N) is 1. The van der Waals surface area contributed by atoms with Crippen molar-refractivity contribution < 1.29 is 9.90 Å². The summed E-state index contributed by atoms with van der Waals surface area (Å²) in [7, 11) is 0. The second-order valence-electron chi connectivity index (χ2n) is 7.44. The summed E-state index contributed by atoms with van der Waals surface area (Å²) in [6, 6.07) is 9.90. The van der Waals surface area contributed by atoms with Gasteiger partial charge in [0.05, 0.1) is 5.54 Å². The molecule has 1 aromatic heterocycles. The lowest BCUT2D eigenvalue weighted by Crippen LogP contribution is -2.25. The molecule has 1 fully saturated rings. The first-order valence-corrected chi connectivity index (χ1v) is 8.48. The highest BCUT2D eigenvalue weighted by atomic mass is 16.3. The van der Waals surface area contributed by atoms with Crippen LogP contribution in [0.3, 0.4) is 0 Å². The van der Waals surface area contributed by atoms with Crippen molar-refractivity contribution in [3.8, 4) is 23.0 Å². The number of hydrogen-bond donors (Lipinski definition) is 2. The van der Waals surface area contributed by atoms with Gasteiger partial charge in [-0.2, -0.15) is 0 Å².